The van der Waals surface area contributed by atoms with Gasteiger partial charge in [0.15, 0.2) is 5.82 Å². The Hall–Kier alpha value is -4.19. The highest BCUT2D eigenvalue weighted by Crippen LogP contribution is 2.15. The second-order valence-electron chi connectivity index (χ2n) is 8.33. The molecule has 0 fully saturated rings. The van der Waals surface area contributed by atoms with Gasteiger partial charge in [-0.3, -0.25) is 0 Å². The monoisotopic (exact) mass is 542 g/mol. The smallest absolute Gasteiger partial charge is 0.363 e. The number of unbranched alkanes of at least 4 members (excludes halogenated alkanes) is 5. The van der Waals surface area contributed by atoms with Crippen molar-refractivity contribution in [3.05, 3.63) is 53.9 Å². The van der Waals surface area contributed by atoms with Crippen LogP contribution < -0.4 is 9.47 Å². The quantitative estimate of drug-likeness (QED) is 0.154. The molecule has 12 nitrogen and oxygen atoms in total. The van der Waals surface area contributed by atoms with Crippen LogP contribution in [0.4, 0.5) is 0 Å². The summed E-state index contributed by atoms with van der Waals surface area (Å²) in [6, 6.07) is 6.18. The molecule has 1 heterocycles. The number of ether oxygens (including phenoxy) is 5. The number of hydrogen-bond donors (Lipinski definition) is 0. The van der Waals surface area contributed by atoms with Crippen molar-refractivity contribution in [2.75, 3.05) is 33.5 Å². The predicted octanol–water partition coefficient (Wildman–Crippen LogP) is 3.53. The first kappa shape index (κ1) is 31.0. The van der Waals surface area contributed by atoms with Gasteiger partial charge in [0.05, 0.1) is 25.4 Å². The first-order valence-corrected chi connectivity index (χ1v) is 12.6. The second kappa shape index (κ2) is 18.1. The summed E-state index contributed by atoms with van der Waals surface area (Å²) in [6.07, 6.45) is 8.34. The molecule has 0 aliphatic heterocycles. The molecule has 0 bridgehead atoms. The molecule has 12 heteroatoms. The standard InChI is InChI=1S/C27H34N4O8/c1-20(2)25(33)38-17-9-7-5-4-6-8-16-36-22-12-10-21(11-13-22)26(34)39-27-30-28-23(29-31-27)14-15-24(32)37-19-18-35-3/h10-15H,1,4-9,16-19H2,2-3H3/b15-14+. The fraction of sp³-hybridized carbons (Fsp3) is 0.444. The summed E-state index contributed by atoms with van der Waals surface area (Å²) >= 11 is 0. The van der Waals surface area contributed by atoms with Crippen LogP contribution in [-0.2, 0) is 23.8 Å². The van der Waals surface area contributed by atoms with Crippen molar-refractivity contribution in [2.24, 2.45) is 0 Å². The van der Waals surface area contributed by atoms with E-state index in [0.717, 1.165) is 44.6 Å². The number of esters is 3. The Balaban J connectivity index is 1.62. The molecule has 0 aliphatic carbocycles. The van der Waals surface area contributed by atoms with Crippen LogP contribution in [0.1, 0.15) is 61.6 Å². The van der Waals surface area contributed by atoms with E-state index in [1.54, 1.807) is 31.2 Å². The molecule has 0 radical (unpaired) electrons. The van der Waals surface area contributed by atoms with Gasteiger partial charge in [0.1, 0.15) is 12.4 Å². The number of hydrogen-bond acceptors (Lipinski definition) is 12. The molecule has 1 aromatic carbocycles. The highest BCUT2D eigenvalue weighted by molar-refractivity contribution is 5.90. The number of methoxy groups -OCH3 is 1. The van der Waals surface area contributed by atoms with Crippen molar-refractivity contribution in [3.63, 3.8) is 0 Å². The van der Waals surface area contributed by atoms with Gasteiger partial charge in [-0.2, -0.15) is 0 Å². The Morgan fingerprint density at radius 1 is 0.821 bits per heavy atom. The van der Waals surface area contributed by atoms with Crippen LogP contribution in [-0.4, -0.2) is 71.8 Å². The van der Waals surface area contributed by atoms with E-state index in [4.69, 9.17) is 23.7 Å². The molecule has 2 rings (SSSR count). The van der Waals surface area contributed by atoms with Gasteiger partial charge in [0.25, 0.3) is 0 Å². The summed E-state index contributed by atoms with van der Waals surface area (Å²) < 4.78 is 25.5. The summed E-state index contributed by atoms with van der Waals surface area (Å²) in [7, 11) is 1.50. The minimum absolute atomic E-state index is 0.0431. The number of benzene rings is 1. The van der Waals surface area contributed by atoms with E-state index in [-0.39, 0.29) is 36.6 Å². The lowest BCUT2D eigenvalue weighted by Gasteiger charge is -2.07. The van der Waals surface area contributed by atoms with Gasteiger partial charge < -0.3 is 23.7 Å². The first-order chi connectivity index (χ1) is 18.9. The third-order valence-electron chi connectivity index (χ3n) is 5.04. The summed E-state index contributed by atoms with van der Waals surface area (Å²) in [6.45, 7) is 6.59. The zero-order valence-corrected chi connectivity index (χ0v) is 22.3. The Labute approximate surface area is 227 Å². The second-order valence-corrected chi connectivity index (χ2v) is 8.33. The maximum atomic E-state index is 12.3. The number of nitrogens with zero attached hydrogens (tertiary/aromatic N) is 4. The van der Waals surface area contributed by atoms with E-state index in [1.807, 2.05) is 0 Å². The van der Waals surface area contributed by atoms with E-state index < -0.39 is 11.9 Å². The largest absolute Gasteiger partial charge is 0.494 e. The third kappa shape index (κ3) is 13.3. The average Bonchev–Trinajstić information content (AvgIpc) is 2.94. The molecule has 0 amide bonds. The molecular weight excluding hydrogens is 508 g/mol. The summed E-state index contributed by atoms with van der Waals surface area (Å²) in [4.78, 5) is 35.1. The van der Waals surface area contributed by atoms with Crippen LogP contribution >= 0.6 is 0 Å². The number of rotatable bonds is 18. The van der Waals surface area contributed by atoms with E-state index in [0.29, 0.717) is 24.5 Å². The van der Waals surface area contributed by atoms with Gasteiger partial charge in [-0.1, -0.05) is 42.5 Å². The lowest BCUT2D eigenvalue weighted by molar-refractivity contribution is -0.139. The topological polar surface area (TPSA) is 149 Å². The molecule has 0 spiro atoms. The zero-order chi connectivity index (χ0) is 28.3. The highest BCUT2D eigenvalue weighted by Gasteiger charge is 2.12. The molecular formula is C27H34N4O8. The lowest BCUT2D eigenvalue weighted by Crippen LogP contribution is -2.12. The van der Waals surface area contributed by atoms with Gasteiger partial charge in [-0.15, -0.1) is 10.2 Å². The van der Waals surface area contributed by atoms with Crippen LogP contribution in [0.2, 0.25) is 0 Å². The SMILES string of the molecule is C=C(C)C(=O)OCCCCCCCCOc1ccc(C(=O)Oc2nnc(/C=C/C(=O)OCCOC)nn2)cc1. The number of carbonyl (C=O) groups excluding carboxylic acids is 3. The number of carbonyl (C=O) groups is 3. The van der Waals surface area contributed by atoms with Gasteiger partial charge in [-0.25, -0.2) is 14.4 Å². The Bertz CT molecular complexity index is 1090. The van der Waals surface area contributed by atoms with Crippen molar-refractivity contribution in [2.45, 2.75) is 45.4 Å². The van der Waals surface area contributed by atoms with Gasteiger partial charge >= 0.3 is 23.9 Å². The molecule has 2 aromatic rings. The van der Waals surface area contributed by atoms with Crippen LogP contribution in [0, 0.1) is 0 Å². The fourth-order valence-electron chi connectivity index (χ4n) is 2.97. The first-order valence-electron chi connectivity index (χ1n) is 12.6. The average molecular weight is 543 g/mol. The van der Waals surface area contributed by atoms with Crippen LogP contribution in [0.15, 0.2) is 42.5 Å². The van der Waals surface area contributed by atoms with Gasteiger partial charge in [0.2, 0.25) is 0 Å². The zero-order valence-electron chi connectivity index (χ0n) is 22.3. The lowest BCUT2D eigenvalue weighted by atomic mass is 10.1. The molecule has 0 saturated carbocycles. The molecule has 39 heavy (non-hydrogen) atoms. The van der Waals surface area contributed by atoms with Crippen LogP contribution in [0.5, 0.6) is 11.8 Å². The Kier molecular flexibility index (Phi) is 14.4. The maximum absolute atomic E-state index is 12.3. The minimum atomic E-state index is -0.676. The summed E-state index contributed by atoms with van der Waals surface area (Å²) in [5.41, 5.74) is 0.699. The van der Waals surface area contributed by atoms with Crippen molar-refractivity contribution >= 4 is 24.0 Å². The van der Waals surface area contributed by atoms with Crippen LogP contribution in [0.3, 0.4) is 0 Å². The fourth-order valence-corrected chi connectivity index (χ4v) is 2.97. The predicted molar refractivity (Wildman–Crippen MR) is 140 cm³/mol. The molecule has 210 valence electrons. The van der Waals surface area contributed by atoms with Crippen molar-refractivity contribution in [1.29, 1.82) is 0 Å². The molecule has 0 unspecified atom stereocenters. The Morgan fingerprint density at radius 3 is 2.10 bits per heavy atom. The normalized spacial score (nSPS) is 10.7. The van der Waals surface area contributed by atoms with Crippen molar-refractivity contribution in [1.82, 2.24) is 20.4 Å². The summed E-state index contributed by atoms with van der Waals surface area (Å²) in [5, 5.41) is 14.8. The molecule has 1 aromatic heterocycles. The molecule has 0 atom stereocenters. The van der Waals surface area contributed by atoms with Gasteiger partial charge in [0, 0.05) is 18.8 Å². The minimum Gasteiger partial charge on any atom is -0.494 e. The third-order valence-corrected chi connectivity index (χ3v) is 5.04. The highest BCUT2D eigenvalue weighted by atomic mass is 16.6. The Morgan fingerprint density at radius 2 is 1.46 bits per heavy atom. The maximum Gasteiger partial charge on any atom is 0.363 e. The van der Waals surface area contributed by atoms with Crippen molar-refractivity contribution < 1.29 is 38.1 Å². The summed E-state index contributed by atoms with van der Waals surface area (Å²) in [5.74, 6) is -0.920. The van der Waals surface area contributed by atoms with Crippen LogP contribution in [0.25, 0.3) is 6.08 Å². The van der Waals surface area contributed by atoms with Gasteiger partial charge in [-0.05, 0) is 50.1 Å². The van der Waals surface area contributed by atoms with E-state index in [2.05, 4.69) is 27.0 Å². The van der Waals surface area contributed by atoms with E-state index >= 15 is 0 Å². The van der Waals surface area contributed by atoms with E-state index in [1.165, 1.54) is 13.2 Å². The molecule has 0 saturated heterocycles. The van der Waals surface area contributed by atoms with Crippen molar-refractivity contribution in [3.8, 4) is 11.8 Å². The molecule has 0 N–H and O–H groups in total. The number of aromatic nitrogens is 4. The van der Waals surface area contributed by atoms with E-state index in [9.17, 15) is 14.4 Å². The molecule has 0 aliphatic rings.